The van der Waals surface area contributed by atoms with E-state index in [2.05, 4.69) is 22.4 Å². The number of aryl methyl sites for hydroxylation is 1. The third-order valence-corrected chi connectivity index (χ3v) is 3.17. The van der Waals surface area contributed by atoms with Gasteiger partial charge in [0.05, 0.1) is 5.54 Å². The molecule has 0 spiro atoms. The van der Waals surface area contributed by atoms with E-state index < -0.39 is 5.54 Å². The summed E-state index contributed by atoms with van der Waals surface area (Å²) in [5.41, 5.74) is 7.35. The Kier molecular flexibility index (Phi) is 3.90. The Balaban J connectivity index is 1.85. The predicted octanol–water partition coefficient (Wildman–Crippen LogP) is 1.95. The molecule has 4 heteroatoms. The Hall–Kier alpha value is -1.81. The number of nitrogens with two attached hydrogens (primary N) is 1. The van der Waals surface area contributed by atoms with Crippen molar-refractivity contribution < 1.29 is 4.79 Å². The molecule has 0 fully saturated rings. The summed E-state index contributed by atoms with van der Waals surface area (Å²) < 4.78 is 0. The van der Waals surface area contributed by atoms with Crippen LogP contribution in [0.3, 0.4) is 0 Å². The molecule has 0 aliphatic rings. The summed E-state index contributed by atoms with van der Waals surface area (Å²) in [6.45, 7) is 4.07. The van der Waals surface area contributed by atoms with E-state index in [9.17, 15) is 4.79 Å². The van der Waals surface area contributed by atoms with Gasteiger partial charge in [-0.3, -0.25) is 4.79 Å². The molecule has 2 aromatic rings. The van der Waals surface area contributed by atoms with Crippen molar-refractivity contribution in [2.75, 3.05) is 6.54 Å². The van der Waals surface area contributed by atoms with E-state index in [4.69, 9.17) is 5.73 Å². The standard InChI is InChI=1S/C15H21N3O/c1-15(2,16)14(19)17-9-5-6-11-10-18-13-8-4-3-7-12(11)13/h3-4,7-8,10,18H,5-6,9,16H2,1-2H3,(H,17,19). The lowest BCUT2D eigenvalue weighted by Crippen LogP contribution is -2.49. The van der Waals surface area contributed by atoms with Gasteiger partial charge in [-0.15, -0.1) is 0 Å². The molecule has 4 nitrogen and oxygen atoms in total. The van der Waals surface area contributed by atoms with E-state index in [0.717, 1.165) is 18.4 Å². The molecule has 1 aromatic heterocycles. The van der Waals surface area contributed by atoms with Gasteiger partial charge in [0, 0.05) is 23.6 Å². The second-order valence-corrected chi connectivity index (χ2v) is 5.44. The number of aromatic nitrogens is 1. The monoisotopic (exact) mass is 259 g/mol. The fraction of sp³-hybridized carbons (Fsp3) is 0.400. The Bertz CT molecular complexity index is 566. The first-order valence-corrected chi connectivity index (χ1v) is 6.60. The molecule has 0 atom stereocenters. The summed E-state index contributed by atoms with van der Waals surface area (Å²) in [5.74, 6) is -0.105. The number of nitrogens with one attached hydrogen (secondary N) is 2. The number of benzene rings is 1. The second-order valence-electron chi connectivity index (χ2n) is 5.44. The van der Waals surface area contributed by atoms with Crippen LogP contribution in [0.1, 0.15) is 25.8 Å². The number of hydrogen-bond donors (Lipinski definition) is 3. The zero-order valence-corrected chi connectivity index (χ0v) is 11.5. The van der Waals surface area contributed by atoms with Crippen molar-refractivity contribution in [1.29, 1.82) is 0 Å². The molecular formula is C15H21N3O. The third kappa shape index (κ3) is 3.35. The number of fused-ring (bicyclic) bond motifs is 1. The molecule has 2 rings (SSSR count). The van der Waals surface area contributed by atoms with E-state index in [0.29, 0.717) is 6.54 Å². The third-order valence-electron chi connectivity index (χ3n) is 3.17. The van der Waals surface area contributed by atoms with Gasteiger partial charge in [-0.1, -0.05) is 18.2 Å². The average Bonchev–Trinajstić information content (AvgIpc) is 2.76. The number of hydrogen-bond acceptors (Lipinski definition) is 2. The van der Waals surface area contributed by atoms with E-state index in [1.54, 1.807) is 13.8 Å². The average molecular weight is 259 g/mol. The molecular weight excluding hydrogens is 238 g/mol. The fourth-order valence-corrected chi connectivity index (χ4v) is 2.05. The molecule has 4 N–H and O–H groups in total. The van der Waals surface area contributed by atoms with E-state index in [1.807, 2.05) is 18.3 Å². The van der Waals surface area contributed by atoms with Gasteiger partial charge in [-0.25, -0.2) is 0 Å². The van der Waals surface area contributed by atoms with E-state index in [-0.39, 0.29) is 5.91 Å². The lowest BCUT2D eigenvalue weighted by atomic mass is 10.1. The van der Waals surface area contributed by atoms with Gasteiger partial charge in [0.1, 0.15) is 0 Å². The number of para-hydroxylation sites is 1. The quantitative estimate of drug-likeness (QED) is 0.718. The van der Waals surface area contributed by atoms with Crippen LogP contribution in [0.2, 0.25) is 0 Å². The molecule has 0 aliphatic heterocycles. The van der Waals surface area contributed by atoms with Crippen LogP contribution < -0.4 is 11.1 Å². The second kappa shape index (κ2) is 5.45. The minimum atomic E-state index is -0.805. The van der Waals surface area contributed by atoms with Gasteiger partial charge in [-0.05, 0) is 38.3 Å². The summed E-state index contributed by atoms with van der Waals surface area (Å²) in [6.07, 6.45) is 3.89. The molecule has 102 valence electrons. The highest BCUT2D eigenvalue weighted by atomic mass is 16.2. The first-order chi connectivity index (χ1) is 8.98. The number of aromatic amines is 1. The maximum Gasteiger partial charge on any atom is 0.239 e. The van der Waals surface area contributed by atoms with Crippen LogP contribution in [0.4, 0.5) is 0 Å². The maximum atomic E-state index is 11.6. The van der Waals surface area contributed by atoms with Crippen molar-refractivity contribution >= 4 is 16.8 Å². The first-order valence-electron chi connectivity index (χ1n) is 6.60. The zero-order valence-electron chi connectivity index (χ0n) is 11.5. The van der Waals surface area contributed by atoms with Crippen molar-refractivity contribution in [1.82, 2.24) is 10.3 Å². The molecule has 0 saturated carbocycles. The molecule has 1 aromatic carbocycles. The Morgan fingerprint density at radius 2 is 2.11 bits per heavy atom. The molecule has 0 radical (unpaired) electrons. The smallest absolute Gasteiger partial charge is 0.239 e. The highest BCUT2D eigenvalue weighted by molar-refractivity contribution is 5.85. The first kappa shape index (κ1) is 13.6. The lowest BCUT2D eigenvalue weighted by Gasteiger charge is -2.17. The van der Waals surface area contributed by atoms with Crippen LogP contribution in [0.15, 0.2) is 30.5 Å². The van der Waals surface area contributed by atoms with E-state index >= 15 is 0 Å². The number of rotatable bonds is 5. The fourth-order valence-electron chi connectivity index (χ4n) is 2.05. The predicted molar refractivity (Wildman–Crippen MR) is 77.9 cm³/mol. The van der Waals surface area contributed by atoms with Crippen LogP contribution in [0, 0.1) is 0 Å². The maximum absolute atomic E-state index is 11.6. The minimum absolute atomic E-state index is 0.105. The molecule has 1 heterocycles. The molecule has 0 aliphatic carbocycles. The SMILES string of the molecule is CC(C)(N)C(=O)NCCCc1c[nH]c2ccccc12. The van der Waals surface area contributed by atoms with Gasteiger partial charge in [0.2, 0.25) is 5.91 Å². The summed E-state index contributed by atoms with van der Waals surface area (Å²) in [6, 6.07) is 8.24. The van der Waals surface area contributed by atoms with Crippen molar-refractivity contribution in [2.45, 2.75) is 32.2 Å². The Labute approximate surface area is 113 Å². The minimum Gasteiger partial charge on any atom is -0.361 e. The van der Waals surface area contributed by atoms with Crippen LogP contribution in [0.25, 0.3) is 10.9 Å². The summed E-state index contributed by atoms with van der Waals surface area (Å²) in [5, 5.41) is 4.12. The van der Waals surface area contributed by atoms with Gasteiger partial charge in [0.15, 0.2) is 0 Å². The molecule has 1 amide bonds. The van der Waals surface area contributed by atoms with Gasteiger partial charge in [0.25, 0.3) is 0 Å². The topological polar surface area (TPSA) is 70.9 Å². The molecule has 0 bridgehead atoms. The van der Waals surface area contributed by atoms with Gasteiger partial charge >= 0.3 is 0 Å². The van der Waals surface area contributed by atoms with Crippen LogP contribution >= 0.6 is 0 Å². The Morgan fingerprint density at radius 1 is 1.37 bits per heavy atom. The zero-order chi connectivity index (χ0) is 13.9. The summed E-state index contributed by atoms with van der Waals surface area (Å²) in [4.78, 5) is 14.9. The van der Waals surface area contributed by atoms with Crippen molar-refractivity contribution in [3.8, 4) is 0 Å². The highest BCUT2D eigenvalue weighted by Gasteiger charge is 2.20. The molecule has 0 saturated heterocycles. The van der Waals surface area contributed by atoms with Crippen molar-refractivity contribution in [3.05, 3.63) is 36.0 Å². The van der Waals surface area contributed by atoms with Gasteiger partial charge in [-0.2, -0.15) is 0 Å². The van der Waals surface area contributed by atoms with Crippen LogP contribution in [-0.2, 0) is 11.2 Å². The largest absolute Gasteiger partial charge is 0.361 e. The number of carbonyl (C=O) groups is 1. The van der Waals surface area contributed by atoms with Crippen molar-refractivity contribution in [2.24, 2.45) is 5.73 Å². The van der Waals surface area contributed by atoms with Crippen LogP contribution in [0.5, 0.6) is 0 Å². The van der Waals surface area contributed by atoms with Gasteiger partial charge < -0.3 is 16.0 Å². The number of H-pyrrole nitrogens is 1. The summed E-state index contributed by atoms with van der Waals surface area (Å²) in [7, 11) is 0. The van der Waals surface area contributed by atoms with E-state index in [1.165, 1.54) is 10.9 Å². The van der Waals surface area contributed by atoms with Crippen LogP contribution in [-0.4, -0.2) is 23.0 Å². The number of amides is 1. The summed E-state index contributed by atoms with van der Waals surface area (Å²) >= 11 is 0. The Morgan fingerprint density at radius 3 is 2.84 bits per heavy atom. The molecule has 19 heavy (non-hydrogen) atoms. The van der Waals surface area contributed by atoms with Crippen molar-refractivity contribution in [3.63, 3.8) is 0 Å². The molecule has 0 unspecified atom stereocenters. The number of carbonyl (C=O) groups excluding carboxylic acids is 1. The highest BCUT2D eigenvalue weighted by Crippen LogP contribution is 2.18. The lowest BCUT2D eigenvalue weighted by molar-refractivity contribution is -0.125. The normalized spacial score (nSPS) is 11.7.